The molecule has 1 heterocycles. The van der Waals surface area contributed by atoms with Gasteiger partial charge in [-0.2, -0.15) is 5.10 Å². The second-order valence-electron chi connectivity index (χ2n) is 5.97. The lowest BCUT2D eigenvalue weighted by Gasteiger charge is -2.23. The molecule has 0 bridgehead atoms. The highest BCUT2D eigenvalue weighted by Gasteiger charge is 2.18. The molecular weight excluding hydrogens is 346 g/mol. The van der Waals surface area contributed by atoms with Gasteiger partial charge in [0.15, 0.2) is 0 Å². The van der Waals surface area contributed by atoms with Crippen LogP contribution >= 0.6 is 0 Å². The second kappa shape index (κ2) is 8.19. The zero-order valence-corrected chi connectivity index (χ0v) is 14.6. The Morgan fingerprint density at radius 2 is 2.04 bits per heavy atom. The summed E-state index contributed by atoms with van der Waals surface area (Å²) < 4.78 is 0. The van der Waals surface area contributed by atoms with Crippen molar-refractivity contribution < 1.29 is 10.0 Å². The highest BCUT2D eigenvalue weighted by molar-refractivity contribution is 6.01. The summed E-state index contributed by atoms with van der Waals surface area (Å²) >= 11 is 0. The van der Waals surface area contributed by atoms with Gasteiger partial charge in [0.05, 0.1) is 12.7 Å². The van der Waals surface area contributed by atoms with Crippen molar-refractivity contribution in [3.05, 3.63) is 60.3 Å². The Kier molecular flexibility index (Phi) is 5.53. The number of fused-ring (bicyclic) bond motifs is 1. The zero-order valence-electron chi connectivity index (χ0n) is 14.6. The number of hydrogen-bond donors (Lipinski definition) is 4. The van der Waals surface area contributed by atoms with Gasteiger partial charge in [-0.3, -0.25) is 4.79 Å². The number of rotatable bonds is 7. The maximum atomic E-state index is 12.9. The quantitative estimate of drug-likeness (QED) is 0.162. The largest absolute Gasteiger partial charge is 0.411 e. The summed E-state index contributed by atoms with van der Waals surface area (Å²) in [5, 5.41) is 17.9. The fraction of sp³-hybridized carbons (Fsp3) is 0.167. The van der Waals surface area contributed by atoms with E-state index in [2.05, 4.69) is 15.7 Å². The summed E-state index contributed by atoms with van der Waals surface area (Å²) in [5.41, 5.74) is 10.2. The van der Waals surface area contributed by atoms with Gasteiger partial charge < -0.3 is 15.8 Å². The van der Waals surface area contributed by atoms with Crippen molar-refractivity contribution in [2.24, 2.45) is 16.7 Å². The molecule has 0 unspecified atom stereocenters. The first-order valence-electron chi connectivity index (χ1n) is 8.37. The normalized spacial score (nSPS) is 11.5. The minimum absolute atomic E-state index is 0.0800. The topological polar surface area (TPSA) is 135 Å². The lowest BCUT2D eigenvalue weighted by molar-refractivity contribution is -0.118. The Balaban J connectivity index is 1.84. The molecule has 0 atom stereocenters. The molecule has 3 rings (SSSR count). The van der Waals surface area contributed by atoms with E-state index in [1.807, 2.05) is 30.3 Å². The van der Waals surface area contributed by atoms with Crippen molar-refractivity contribution in [1.82, 2.24) is 15.5 Å². The molecule has 0 fully saturated rings. The molecule has 9 nitrogen and oxygen atoms in total. The van der Waals surface area contributed by atoms with Gasteiger partial charge in [0, 0.05) is 17.5 Å². The van der Waals surface area contributed by atoms with Crippen LogP contribution < -0.4 is 22.0 Å². The molecular formula is C18H21N7O2. The van der Waals surface area contributed by atoms with Crippen LogP contribution in [0.4, 0.5) is 5.69 Å². The number of anilines is 1. The predicted octanol–water partition coefficient (Wildman–Crippen LogP) is 0.975. The minimum Gasteiger partial charge on any atom is -0.411 e. The number of aromatic nitrogens is 2. The molecule has 0 aliphatic carbocycles. The number of amides is 1. The molecule has 140 valence electrons. The maximum absolute atomic E-state index is 12.9. The van der Waals surface area contributed by atoms with Crippen LogP contribution in [0.5, 0.6) is 0 Å². The lowest BCUT2D eigenvalue weighted by Crippen LogP contribution is -2.40. The number of benzene rings is 2. The van der Waals surface area contributed by atoms with Gasteiger partial charge in [-0.25, -0.2) is 11.4 Å². The van der Waals surface area contributed by atoms with Crippen LogP contribution in [-0.2, 0) is 11.2 Å². The number of carbonyl (C=O) groups excluding carboxylic acids is 1. The first-order chi connectivity index (χ1) is 13.1. The average Bonchev–Trinajstić information content (AvgIpc) is 3.05. The highest BCUT2D eigenvalue weighted by Crippen LogP contribution is 2.22. The third-order valence-electron chi connectivity index (χ3n) is 4.14. The van der Waals surface area contributed by atoms with Crippen molar-refractivity contribution in [1.29, 1.82) is 0 Å². The van der Waals surface area contributed by atoms with E-state index in [0.29, 0.717) is 29.4 Å². The summed E-state index contributed by atoms with van der Waals surface area (Å²) in [5.74, 6) is 5.24. The van der Waals surface area contributed by atoms with Gasteiger partial charge in [0.25, 0.3) is 0 Å². The average molecular weight is 367 g/mol. The predicted molar refractivity (Wildman–Crippen MR) is 103 cm³/mol. The Labute approximate surface area is 155 Å². The summed E-state index contributed by atoms with van der Waals surface area (Å²) in [7, 11) is 0. The van der Waals surface area contributed by atoms with Crippen LogP contribution in [0.1, 0.15) is 12.0 Å². The van der Waals surface area contributed by atoms with Gasteiger partial charge in [-0.1, -0.05) is 30.3 Å². The third kappa shape index (κ3) is 4.33. The van der Waals surface area contributed by atoms with Gasteiger partial charge in [-0.15, -0.1) is 9.94 Å². The number of hydrazone groups is 1. The number of carbonyl (C=O) groups is 1. The van der Waals surface area contributed by atoms with E-state index < -0.39 is 0 Å². The number of aryl methyl sites for hydroxylation is 1. The summed E-state index contributed by atoms with van der Waals surface area (Å²) in [6.45, 7) is 0.0800. The van der Waals surface area contributed by atoms with Crippen molar-refractivity contribution >= 4 is 28.3 Å². The SMILES string of the molecule is NN/N=C(\N)CN(C(=O)CCc1ccccc1)c1ccc2c(cnn2O)c1. The van der Waals surface area contributed by atoms with Crippen LogP contribution in [-0.4, -0.2) is 33.4 Å². The Hall–Kier alpha value is -3.59. The highest BCUT2D eigenvalue weighted by atomic mass is 16.5. The van der Waals surface area contributed by atoms with Crippen molar-refractivity contribution in [2.75, 3.05) is 11.4 Å². The van der Waals surface area contributed by atoms with Gasteiger partial charge >= 0.3 is 0 Å². The number of nitrogens with zero attached hydrogens (tertiary/aromatic N) is 4. The van der Waals surface area contributed by atoms with Crippen molar-refractivity contribution in [3.8, 4) is 0 Å². The summed E-state index contributed by atoms with van der Waals surface area (Å²) in [6.07, 6.45) is 2.44. The fourth-order valence-corrected chi connectivity index (χ4v) is 2.81. The number of hydrogen-bond acceptors (Lipinski definition) is 6. The monoisotopic (exact) mass is 367 g/mol. The Morgan fingerprint density at radius 3 is 2.78 bits per heavy atom. The smallest absolute Gasteiger partial charge is 0.227 e. The van der Waals surface area contributed by atoms with Crippen LogP contribution in [0, 0.1) is 0 Å². The zero-order chi connectivity index (χ0) is 19.2. The van der Waals surface area contributed by atoms with E-state index in [0.717, 1.165) is 10.4 Å². The van der Waals surface area contributed by atoms with Gasteiger partial charge in [-0.05, 0) is 30.2 Å². The minimum atomic E-state index is -0.107. The van der Waals surface area contributed by atoms with Crippen LogP contribution in [0.25, 0.3) is 10.9 Å². The van der Waals surface area contributed by atoms with E-state index in [1.165, 1.54) is 11.1 Å². The molecule has 1 amide bonds. The van der Waals surface area contributed by atoms with Gasteiger partial charge in [0.2, 0.25) is 5.91 Å². The van der Waals surface area contributed by atoms with Crippen molar-refractivity contribution in [3.63, 3.8) is 0 Å². The fourth-order valence-electron chi connectivity index (χ4n) is 2.81. The van der Waals surface area contributed by atoms with Crippen LogP contribution in [0.15, 0.2) is 59.8 Å². The summed E-state index contributed by atoms with van der Waals surface area (Å²) in [6, 6.07) is 14.9. The molecule has 6 N–H and O–H groups in total. The molecule has 0 aliphatic heterocycles. The molecule has 0 saturated heterocycles. The maximum Gasteiger partial charge on any atom is 0.227 e. The Bertz CT molecular complexity index is 953. The molecule has 27 heavy (non-hydrogen) atoms. The van der Waals surface area contributed by atoms with Crippen LogP contribution in [0.2, 0.25) is 0 Å². The molecule has 0 aliphatic rings. The number of amidine groups is 1. The van der Waals surface area contributed by atoms with E-state index >= 15 is 0 Å². The second-order valence-corrected chi connectivity index (χ2v) is 5.97. The first kappa shape index (κ1) is 18.2. The summed E-state index contributed by atoms with van der Waals surface area (Å²) in [4.78, 5) is 15.2. The van der Waals surface area contributed by atoms with Crippen molar-refractivity contribution in [2.45, 2.75) is 12.8 Å². The molecule has 1 aromatic heterocycles. The lowest BCUT2D eigenvalue weighted by atomic mass is 10.1. The number of nitrogens with one attached hydrogen (secondary N) is 1. The number of nitrogens with two attached hydrogens (primary N) is 2. The molecule has 2 aromatic carbocycles. The van der Waals surface area contributed by atoms with E-state index in [-0.39, 0.29) is 18.3 Å². The van der Waals surface area contributed by atoms with E-state index in [9.17, 15) is 10.0 Å². The van der Waals surface area contributed by atoms with Gasteiger partial charge in [0.1, 0.15) is 11.4 Å². The first-order valence-corrected chi connectivity index (χ1v) is 8.37. The van der Waals surface area contributed by atoms with E-state index in [4.69, 9.17) is 11.6 Å². The van der Waals surface area contributed by atoms with Crippen LogP contribution in [0.3, 0.4) is 0 Å². The molecule has 0 saturated carbocycles. The number of hydrazine groups is 1. The van der Waals surface area contributed by atoms with E-state index in [1.54, 1.807) is 18.2 Å². The molecule has 0 spiro atoms. The molecule has 3 aromatic rings. The Morgan fingerprint density at radius 1 is 1.26 bits per heavy atom. The molecule has 9 heteroatoms. The third-order valence-corrected chi connectivity index (χ3v) is 4.14. The molecule has 0 radical (unpaired) electrons. The standard InChI is InChI=1S/C18H21N7O2/c19-17(22-23-20)12-24(18(26)9-6-13-4-2-1-3-5-13)15-7-8-16-14(10-15)11-21-25(16)27/h1-5,7-8,10-11,23,27H,6,9,12,20H2,(H2,19,22).